The highest BCUT2D eigenvalue weighted by Gasteiger charge is 2.20. The fourth-order valence-corrected chi connectivity index (χ4v) is 3.55. The lowest BCUT2D eigenvalue weighted by molar-refractivity contribution is 0.103. The Hall–Kier alpha value is -0.750. The third-order valence-electron chi connectivity index (χ3n) is 3.86. The molecule has 1 heterocycles. The summed E-state index contributed by atoms with van der Waals surface area (Å²) in [6.07, 6.45) is 2.45. The maximum Gasteiger partial charge on any atom is 0.0698 e. The highest BCUT2D eigenvalue weighted by molar-refractivity contribution is 7.97. The molecule has 21 heavy (non-hydrogen) atoms. The van der Waals surface area contributed by atoms with Gasteiger partial charge in [0, 0.05) is 31.6 Å². The molecule has 1 saturated heterocycles. The van der Waals surface area contributed by atoms with Gasteiger partial charge in [-0.2, -0.15) is 0 Å². The Morgan fingerprint density at radius 1 is 1.24 bits per heavy atom. The Balaban J connectivity index is 1.67. The molecule has 0 atom stereocenters. The molecule has 1 aliphatic heterocycles. The third-order valence-corrected chi connectivity index (χ3v) is 4.94. The molecule has 4 nitrogen and oxygen atoms in total. The minimum absolute atomic E-state index is 0.113. The van der Waals surface area contributed by atoms with E-state index in [-0.39, 0.29) is 6.61 Å². The van der Waals surface area contributed by atoms with Gasteiger partial charge in [-0.25, -0.2) is 0 Å². The minimum atomic E-state index is 0.113. The number of ether oxygens (including phenoxy) is 1. The minimum Gasteiger partial charge on any atom is -0.394 e. The Morgan fingerprint density at radius 2 is 1.95 bits per heavy atom. The fraction of sp³-hybridized carbons (Fsp3) is 0.625. The summed E-state index contributed by atoms with van der Waals surface area (Å²) in [7, 11) is 1.95. The standard InChI is InChI=1S/C16H26N2O2S/c1-17-16-4-2-14(3-5-16)15-6-8-18(9-7-15)21-13-12-20-11-10-19/h2-5,15,17,19H,6-13H2,1H3. The largest absolute Gasteiger partial charge is 0.394 e. The van der Waals surface area contributed by atoms with E-state index in [1.54, 1.807) is 0 Å². The van der Waals surface area contributed by atoms with E-state index < -0.39 is 0 Å². The lowest BCUT2D eigenvalue weighted by Crippen LogP contribution is -2.28. The second kappa shape index (κ2) is 9.30. The van der Waals surface area contributed by atoms with Crippen LogP contribution in [0.1, 0.15) is 24.3 Å². The Bertz CT molecular complexity index is 392. The zero-order valence-corrected chi connectivity index (χ0v) is 13.6. The van der Waals surface area contributed by atoms with Crippen LogP contribution < -0.4 is 5.32 Å². The number of benzene rings is 1. The molecule has 0 spiro atoms. The molecule has 2 N–H and O–H groups in total. The van der Waals surface area contributed by atoms with Gasteiger partial charge in [0.05, 0.1) is 19.8 Å². The van der Waals surface area contributed by atoms with Crippen LogP contribution in [0.2, 0.25) is 0 Å². The van der Waals surface area contributed by atoms with Gasteiger partial charge in [-0.15, -0.1) is 0 Å². The van der Waals surface area contributed by atoms with Gasteiger partial charge >= 0.3 is 0 Å². The van der Waals surface area contributed by atoms with Crippen LogP contribution in [0.3, 0.4) is 0 Å². The second-order valence-electron chi connectivity index (χ2n) is 5.24. The van der Waals surface area contributed by atoms with E-state index in [0.29, 0.717) is 12.5 Å². The van der Waals surface area contributed by atoms with Crippen LogP contribution in [-0.2, 0) is 4.74 Å². The summed E-state index contributed by atoms with van der Waals surface area (Å²) in [5.41, 5.74) is 2.64. The summed E-state index contributed by atoms with van der Waals surface area (Å²) in [5.74, 6) is 1.67. The van der Waals surface area contributed by atoms with E-state index in [1.165, 1.54) is 24.1 Å². The van der Waals surface area contributed by atoms with Crippen LogP contribution in [0.25, 0.3) is 0 Å². The summed E-state index contributed by atoms with van der Waals surface area (Å²) in [6.45, 7) is 3.57. The van der Waals surface area contributed by atoms with Gasteiger partial charge in [0.2, 0.25) is 0 Å². The molecule has 0 unspecified atom stereocenters. The summed E-state index contributed by atoms with van der Waals surface area (Å²) < 4.78 is 7.73. The van der Waals surface area contributed by atoms with Crippen LogP contribution in [0, 0.1) is 0 Å². The molecule has 0 bridgehead atoms. The SMILES string of the molecule is CNc1ccc(C2CCN(SCCOCCO)CC2)cc1. The van der Waals surface area contributed by atoms with Crippen LogP contribution in [0.5, 0.6) is 0 Å². The molecule has 1 aromatic rings. The molecule has 1 aromatic carbocycles. The number of nitrogens with zero attached hydrogens (tertiary/aromatic N) is 1. The predicted molar refractivity (Wildman–Crippen MR) is 89.9 cm³/mol. The van der Waals surface area contributed by atoms with Gasteiger partial charge in [0.15, 0.2) is 0 Å². The van der Waals surface area contributed by atoms with Crippen molar-refractivity contribution in [3.05, 3.63) is 29.8 Å². The first kappa shape index (κ1) is 16.6. The highest BCUT2D eigenvalue weighted by Crippen LogP contribution is 2.31. The predicted octanol–water partition coefficient (Wildman–Crippen LogP) is 2.56. The molecular formula is C16H26N2O2S. The molecule has 5 heteroatoms. The van der Waals surface area contributed by atoms with E-state index >= 15 is 0 Å². The third kappa shape index (κ3) is 5.51. The van der Waals surface area contributed by atoms with Crippen molar-refractivity contribution in [2.45, 2.75) is 18.8 Å². The molecule has 1 fully saturated rings. The molecule has 0 saturated carbocycles. The van der Waals surface area contributed by atoms with Crippen LogP contribution in [0.4, 0.5) is 5.69 Å². The number of piperidine rings is 1. The zero-order chi connectivity index (χ0) is 14.9. The number of hydrogen-bond donors (Lipinski definition) is 2. The topological polar surface area (TPSA) is 44.7 Å². The summed E-state index contributed by atoms with van der Waals surface area (Å²) in [6, 6.07) is 8.83. The van der Waals surface area contributed by atoms with Gasteiger partial charge < -0.3 is 15.2 Å². The van der Waals surface area contributed by atoms with Gasteiger partial charge in [-0.1, -0.05) is 24.1 Å². The Morgan fingerprint density at radius 3 is 2.57 bits per heavy atom. The normalized spacial score (nSPS) is 17.0. The zero-order valence-electron chi connectivity index (χ0n) is 12.8. The maximum absolute atomic E-state index is 8.64. The summed E-state index contributed by atoms with van der Waals surface area (Å²) in [4.78, 5) is 0. The molecule has 0 aliphatic carbocycles. The summed E-state index contributed by atoms with van der Waals surface area (Å²) >= 11 is 1.87. The molecule has 2 rings (SSSR count). The molecule has 1 aliphatic rings. The number of hydrogen-bond acceptors (Lipinski definition) is 5. The fourth-order valence-electron chi connectivity index (χ4n) is 2.63. The van der Waals surface area contributed by atoms with Crippen molar-refractivity contribution in [2.24, 2.45) is 0 Å². The molecule has 0 amide bonds. The smallest absolute Gasteiger partial charge is 0.0698 e. The number of aliphatic hydroxyl groups is 1. The average molecular weight is 310 g/mol. The first-order valence-corrected chi connectivity index (χ1v) is 8.62. The molecule has 0 aromatic heterocycles. The number of anilines is 1. The summed E-state index contributed by atoms with van der Waals surface area (Å²) in [5, 5.41) is 11.8. The average Bonchev–Trinajstić information content (AvgIpc) is 2.55. The van der Waals surface area contributed by atoms with Crippen LogP contribution >= 0.6 is 11.9 Å². The lowest BCUT2D eigenvalue weighted by Gasteiger charge is -2.31. The van der Waals surface area contributed by atoms with Crippen LogP contribution in [0.15, 0.2) is 24.3 Å². The maximum atomic E-state index is 8.64. The quantitative estimate of drug-likeness (QED) is 0.571. The first-order valence-electron chi connectivity index (χ1n) is 7.67. The van der Waals surface area contributed by atoms with Gasteiger partial charge in [0.1, 0.15) is 0 Å². The second-order valence-corrected chi connectivity index (χ2v) is 6.43. The Kier molecular flexibility index (Phi) is 7.36. The monoisotopic (exact) mass is 310 g/mol. The highest BCUT2D eigenvalue weighted by atomic mass is 32.2. The first-order chi connectivity index (χ1) is 10.3. The van der Waals surface area contributed by atoms with Crippen molar-refractivity contribution in [3.8, 4) is 0 Å². The molecular weight excluding hydrogens is 284 g/mol. The van der Waals surface area contributed by atoms with Crippen molar-refractivity contribution in [1.82, 2.24) is 4.31 Å². The van der Waals surface area contributed by atoms with Gasteiger partial charge in [-0.05, 0) is 36.5 Å². The van der Waals surface area contributed by atoms with Gasteiger partial charge in [-0.3, -0.25) is 4.31 Å². The van der Waals surface area contributed by atoms with Gasteiger partial charge in [0.25, 0.3) is 0 Å². The van der Waals surface area contributed by atoms with E-state index in [4.69, 9.17) is 9.84 Å². The van der Waals surface area contributed by atoms with Crippen molar-refractivity contribution in [2.75, 3.05) is 51.0 Å². The van der Waals surface area contributed by atoms with Crippen LogP contribution in [-0.4, -0.2) is 55.1 Å². The van der Waals surface area contributed by atoms with E-state index in [2.05, 4.69) is 33.9 Å². The Labute approximate surface area is 132 Å². The van der Waals surface area contributed by atoms with Crippen molar-refractivity contribution in [3.63, 3.8) is 0 Å². The van der Waals surface area contributed by atoms with E-state index in [0.717, 1.165) is 25.4 Å². The number of aliphatic hydroxyl groups excluding tert-OH is 1. The van der Waals surface area contributed by atoms with Crippen molar-refractivity contribution < 1.29 is 9.84 Å². The molecule has 0 radical (unpaired) electrons. The van der Waals surface area contributed by atoms with Crippen molar-refractivity contribution >= 4 is 17.6 Å². The van der Waals surface area contributed by atoms with E-state index in [1.807, 2.05) is 19.0 Å². The number of nitrogens with one attached hydrogen (secondary N) is 1. The van der Waals surface area contributed by atoms with Crippen molar-refractivity contribution in [1.29, 1.82) is 0 Å². The van der Waals surface area contributed by atoms with E-state index in [9.17, 15) is 0 Å². The molecule has 118 valence electrons. The number of rotatable bonds is 8. The lowest BCUT2D eigenvalue weighted by atomic mass is 9.90.